The molecule has 2 aromatic carbocycles. The highest BCUT2D eigenvalue weighted by Gasteiger charge is 2.30. The van der Waals surface area contributed by atoms with E-state index in [4.69, 9.17) is 0 Å². The molecule has 30 heavy (non-hydrogen) atoms. The molecule has 150 valence electrons. The van der Waals surface area contributed by atoms with E-state index in [1.54, 1.807) is 23.5 Å². The molecule has 5 rings (SSSR count). The highest BCUT2D eigenvalue weighted by Crippen LogP contribution is 2.42. The van der Waals surface area contributed by atoms with Gasteiger partial charge in [0.1, 0.15) is 22.4 Å². The second kappa shape index (κ2) is 8.16. The van der Waals surface area contributed by atoms with E-state index in [-0.39, 0.29) is 17.0 Å². The van der Waals surface area contributed by atoms with Crippen molar-refractivity contribution in [3.8, 4) is 10.4 Å². The summed E-state index contributed by atoms with van der Waals surface area (Å²) >= 11 is 3.01. The normalized spacial score (nSPS) is 14.6. The van der Waals surface area contributed by atoms with Crippen LogP contribution in [0, 0.1) is 5.82 Å². The van der Waals surface area contributed by atoms with E-state index in [2.05, 4.69) is 15.3 Å². The quantitative estimate of drug-likeness (QED) is 0.316. The molecule has 1 amide bonds. The number of rotatable bonds is 6. The van der Waals surface area contributed by atoms with Gasteiger partial charge < -0.3 is 5.32 Å². The first-order valence-corrected chi connectivity index (χ1v) is 11.4. The summed E-state index contributed by atoms with van der Waals surface area (Å²) in [5.74, 6) is -0.251. The van der Waals surface area contributed by atoms with Gasteiger partial charge in [-0.25, -0.2) is 14.4 Å². The van der Waals surface area contributed by atoms with Gasteiger partial charge in [0.05, 0.1) is 10.2 Å². The summed E-state index contributed by atoms with van der Waals surface area (Å²) in [5.41, 5.74) is 2.70. The van der Waals surface area contributed by atoms with Gasteiger partial charge in [0, 0.05) is 10.9 Å². The number of thiophene rings is 1. The molecule has 0 aliphatic heterocycles. The average Bonchev–Trinajstić information content (AvgIpc) is 3.47. The molecule has 7 heteroatoms. The number of nitrogens with one attached hydrogen (secondary N) is 1. The molecule has 1 fully saturated rings. The number of fused-ring (bicyclic) bond motifs is 1. The van der Waals surface area contributed by atoms with Crippen LogP contribution < -0.4 is 5.32 Å². The van der Waals surface area contributed by atoms with Crippen LogP contribution in [0.25, 0.3) is 20.7 Å². The SMILES string of the molecule is O=C(NC1CC1)C(Sc1ncnc2cc(-c3ccc(F)cc3)sc12)c1ccccc1. The number of hydrogen-bond donors (Lipinski definition) is 1. The number of benzene rings is 2. The fourth-order valence-corrected chi connectivity index (χ4v) is 5.47. The summed E-state index contributed by atoms with van der Waals surface area (Å²) in [6.45, 7) is 0. The number of thioether (sulfide) groups is 1. The van der Waals surface area contributed by atoms with Gasteiger partial charge in [-0.3, -0.25) is 4.79 Å². The largest absolute Gasteiger partial charge is 0.352 e. The molecule has 4 nitrogen and oxygen atoms in total. The van der Waals surface area contributed by atoms with Crippen molar-refractivity contribution in [1.29, 1.82) is 0 Å². The topological polar surface area (TPSA) is 54.9 Å². The van der Waals surface area contributed by atoms with Crippen molar-refractivity contribution in [2.45, 2.75) is 29.2 Å². The average molecular weight is 436 g/mol. The number of carbonyl (C=O) groups excluding carboxylic acids is 1. The smallest absolute Gasteiger partial charge is 0.238 e. The van der Waals surface area contributed by atoms with Crippen molar-refractivity contribution in [1.82, 2.24) is 15.3 Å². The fourth-order valence-electron chi connectivity index (χ4n) is 3.19. The summed E-state index contributed by atoms with van der Waals surface area (Å²) in [7, 11) is 0. The summed E-state index contributed by atoms with van der Waals surface area (Å²) in [4.78, 5) is 22.9. The van der Waals surface area contributed by atoms with E-state index in [9.17, 15) is 9.18 Å². The molecule has 4 aromatic rings. The van der Waals surface area contributed by atoms with Gasteiger partial charge in [0.15, 0.2) is 0 Å². The number of halogens is 1. The highest BCUT2D eigenvalue weighted by molar-refractivity contribution is 8.00. The first-order valence-electron chi connectivity index (χ1n) is 9.70. The predicted octanol–water partition coefficient (Wildman–Crippen LogP) is 5.61. The van der Waals surface area contributed by atoms with Crippen LogP contribution in [0.5, 0.6) is 0 Å². The van der Waals surface area contributed by atoms with Crippen LogP contribution in [0.3, 0.4) is 0 Å². The van der Waals surface area contributed by atoms with Crippen molar-refractivity contribution < 1.29 is 9.18 Å². The first-order chi connectivity index (χ1) is 14.7. The van der Waals surface area contributed by atoms with Crippen molar-refractivity contribution >= 4 is 39.2 Å². The zero-order valence-electron chi connectivity index (χ0n) is 15.9. The number of hydrogen-bond acceptors (Lipinski definition) is 5. The van der Waals surface area contributed by atoms with Crippen LogP contribution in [0.4, 0.5) is 4.39 Å². The van der Waals surface area contributed by atoms with Crippen molar-refractivity contribution in [2.75, 3.05) is 0 Å². The Morgan fingerprint density at radius 3 is 2.60 bits per heavy atom. The van der Waals surface area contributed by atoms with Crippen LogP contribution in [0.15, 0.2) is 72.0 Å². The van der Waals surface area contributed by atoms with Crippen LogP contribution in [-0.4, -0.2) is 21.9 Å². The molecule has 0 bridgehead atoms. The minimum atomic E-state index is -0.388. The van der Waals surface area contributed by atoms with Gasteiger partial charge in [0.2, 0.25) is 5.91 Å². The summed E-state index contributed by atoms with van der Waals surface area (Å²) in [6, 6.07) is 18.5. The Balaban J connectivity index is 1.50. The minimum Gasteiger partial charge on any atom is -0.352 e. The van der Waals surface area contributed by atoms with Crippen LogP contribution in [0.1, 0.15) is 23.7 Å². The second-order valence-corrected chi connectivity index (χ2v) is 9.35. The predicted molar refractivity (Wildman–Crippen MR) is 119 cm³/mol. The molecule has 2 aromatic heterocycles. The third kappa shape index (κ3) is 4.08. The zero-order valence-corrected chi connectivity index (χ0v) is 17.5. The monoisotopic (exact) mass is 435 g/mol. The maximum absolute atomic E-state index is 13.3. The summed E-state index contributed by atoms with van der Waals surface area (Å²) in [5, 5.41) is 3.51. The summed E-state index contributed by atoms with van der Waals surface area (Å²) < 4.78 is 14.2. The Hall–Kier alpha value is -2.77. The van der Waals surface area contributed by atoms with Gasteiger partial charge in [-0.15, -0.1) is 11.3 Å². The molecule has 1 N–H and O–H groups in total. The molecule has 1 aliphatic carbocycles. The molecule has 1 unspecified atom stereocenters. The van der Waals surface area contributed by atoms with Gasteiger partial charge in [0.25, 0.3) is 0 Å². The van der Waals surface area contributed by atoms with Gasteiger partial charge >= 0.3 is 0 Å². The van der Waals surface area contributed by atoms with Crippen molar-refractivity contribution in [3.63, 3.8) is 0 Å². The lowest BCUT2D eigenvalue weighted by molar-refractivity contribution is -0.120. The van der Waals surface area contributed by atoms with Crippen LogP contribution >= 0.6 is 23.1 Å². The molecular formula is C23H18FN3OS2. The highest BCUT2D eigenvalue weighted by atomic mass is 32.2. The molecule has 0 spiro atoms. The molecule has 0 saturated heterocycles. The standard InChI is InChI=1S/C23H18FN3OS2/c24-16-8-6-14(7-9-16)19-12-18-21(29-19)23(26-13-25-18)30-20(15-4-2-1-3-5-15)22(28)27-17-10-11-17/h1-9,12-13,17,20H,10-11H2,(H,27,28). The maximum Gasteiger partial charge on any atom is 0.238 e. The Morgan fingerprint density at radius 1 is 1.10 bits per heavy atom. The third-order valence-corrected chi connectivity index (χ3v) is 7.46. The molecule has 1 saturated carbocycles. The minimum absolute atomic E-state index is 0.00998. The molecule has 2 heterocycles. The van der Waals surface area contributed by atoms with E-state index in [1.807, 2.05) is 36.4 Å². The number of amides is 1. The van der Waals surface area contributed by atoms with Crippen molar-refractivity contribution in [3.05, 3.63) is 78.4 Å². The second-order valence-electron chi connectivity index (χ2n) is 7.20. The van der Waals surface area contributed by atoms with E-state index >= 15 is 0 Å². The van der Waals surface area contributed by atoms with Crippen LogP contribution in [-0.2, 0) is 4.79 Å². The lowest BCUT2D eigenvalue weighted by Crippen LogP contribution is -2.29. The number of aromatic nitrogens is 2. The third-order valence-electron chi connectivity index (χ3n) is 4.90. The van der Waals surface area contributed by atoms with Gasteiger partial charge in [-0.2, -0.15) is 0 Å². The maximum atomic E-state index is 13.3. The van der Waals surface area contributed by atoms with E-state index in [0.29, 0.717) is 6.04 Å². The van der Waals surface area contributed by atoms with Gasteiger partial charge in [-0.1, -0.05) is 54.2 Å². The van der Waals surface area contributed by atoms with E-state index in [1.165, 1.54) is 30.2 Å². The Labute approximate surface area is 181 Å². The lowest BCUT2D eigenvalue weighted by Gasteiger charge is -2.16. The summed E-state index contributed by atoms with van der Waals surface area (Å²) in [6.07, 6.45) is 3.62. The van der Waals surface area contributed by atoms with E-state index < -0.39 is 0 Å². The molecule has 0 radical (unpaired) electrons. The molecular weight excluding hydrogens is 417 g/mol. The van der Waals surface area contributed by atoms with E-state index in [0.717, 1.165) is 44.1 Å². The fraction of sp³-hybridized carbons (Fsp3) is 0.174. The van der Waals surface area contributed by atoms with Gasteiger partial charge in [-0.05, 0) is 42.2 Å². The first kappa shape index (κ1) is 19.2. The Kier molecular flexibility index (Phi) is 5.23. The molecule has 1 atom stereocenters. The lowest BCUT2D eigenvalue weighted by atomic mass is 10.1. The zero-order chi connectivity index (χ0) is 20.5. The van der Waals surface area contributed by atoms with Crippen LogP contribution in [0.2, 0.25) is 0 Å². The molecule has 1 aliphatic rings. The Bertz CT molecular complexity index is 1190. The Morgan fingerprint density at radius 2 is 1.87 bits per heavy atom. The number of carbonyl (C=O) groups is 1. The van der Waals surface area contributed by atoms with Crippen molar-refractivity contribution in [2.24, 2.45) is 0 Å². The number of nitrogens with zero attached hydrogens (tertiary/aromatic N) is 2.